The first-order valence-electron chi connectivity index (χ1n) is 4.09. The van der Waals surface area contributed by atoms with E-state index in [0.29, 0.717) is 12.1 Å². The Morgan fingerprint density at radius 1 is 1.38 bits per heavy atom. The van der Waals surface area contributed by atoms with Crippen molar-refractivity contribution in [3.05, 3.63) is 34.6 Å². The number of halogens is 4. The van der Waals surface area contributed by atoms with Crippen molar-refractivity contribution in [2.45, 2.75) is 13.1 Å². The second-order valence-electron chi connectivity index (χ2n) is 3.05. The summed E-state index contributed by atoms with van der Waals surface area (Å²) in [6.45, 7) is 0.833. The number of rotatable bonds is 1. The number of hydrogen-bond donors (Lipinski definition) is 0. The summed E-state index contributed by atoms with van der Waals surface area (Å²) in [5.74, 6) is -2.37. The molecule has 0 N–H and O–H groups in total. The van der Waals surface area contributed by atoms with E-state index in [1.165, 1.54) is 6.07 Å². The van der Waals surface area contributed by atoms with E-state index in [4.69, 9.17) is 5.26 Å². The summed E-state index contributed by atoms with van der Waals surface area (Å²) in [5, 5.41) is 8.41. The van der Waals surface area contributed by atoms with Crippen molar-refractivity contribution in [3.8, 4) is 6.07 Å². The Hall–Kier alpha value is -1.90. The molecule has 0 aliphatic carbocycles. The minimum Gasteiger partial charge on any atom is -0.294 e. The number of carbonyl (C=O) groups is 1. The van der Waals surface area contributed by atoms with E-state index in [0.717, 1.165) is 6.92 Å². The molecule has 0 unspecified atom stereocenters. The van der Waals surface area contributed by atoms with Gasteiger partial charge in [-0.05, 0) is 19.1 Å². The summed E-state index contributed by atoms with van der Waals surface area (Å²) in [6, 6.07) is 2.46. The van der Waals surface area contributed by atoms with E-state index in [9.17, 15) is 22.4 Å². The number of nitriles is 1. The molecule has 0 bridgehead atoms. The van der Waals surface area contributed by atoms with Crippen molar-refractivity contribution in [2.75, 3.05) is 0 Å². The zero-order valence-electron chi connectivity index (χ0n) is 8.02. The molecule has 0 aliphatic rings. The summed E-state index contributed by atoms with van der Waals surface area (Å²) < 4.78 is 50.6. The van der Waals surface area contributed by atoms with Gasteiger partial charge in [0.15, 0.2) is 5.78 Å². The van der Waals surface area contributed by atoms with Crippen LogP contribution in [0.2, 0.25) is 0 Å². The van der Waals surface area contributed by atoms with Gasteiger partial charge >= 0.3 is 6.18 Å². The van der Waals surface area contributed by atoms with Gasteiger partial charge in [0, 0.05) is 0 Å². The highest BCUT2D eigenvalue weighted by atomic mass is 19.4. The molecule has 2 nitrogen and oxygen atoms in total. The molecule has 0 radical (unpaired) electrons. The third-order valence-electron chi connectivity index (χ3n) is 1.88. The van der Waals surface area contributed by atoms with Crippen molar-refractivity contribution >= 4 is 5.78 Å². The Balaban J connectivity index is 3.61. The quantitative estimate of drug-likeness (QED) is 0.550. The van der Waals surface area contributed by atoms with Crippen LogP contribution in [-0.2, 0) is 6.18 Å². The Bertz CT molecular complexity index is 485. The Morgan fingerprint density at radius 3 is 2.31 bits per heavy atom. The maximum atomic E-state index is 13.2. The fraction of sp³-hybridized carbons (Fsp3) is 0.200. The third-order valence-corrected chi connectivity index (χ3v) is 1.88. The Labute approximate surface area is 88.1 Å². The normalized spacial score (nSPS) is 11.0. The summed E-state index contributed by atoms with van der Waals surface area (Å²) in [5.41, 5.74) is -2.93. The molecular weight excluding hydrogens is 226 g/mol. The van der Waals surface area contributed by atoms with Gasteiger partial charge in [-0.2, -0.15) is 18.4 Å². The van der Waals surface area contributed by atoms with Crippen LogP contribution in [-0.4, -0.2) is 5.78 Å². The fourth-order valence-corrected chi connectivity index (χ4v) is 1.25. The van der Waals surface area contributed by atoms with Crippen LogP contribution in [0.4, 0.5) is 17.6 Å². The predicted molar refractivity (Wildman–Crippen MR) is 46.1 cm³/mol. The second-order valence-corrected chi connectivity index (χ2v) is 3.05. The van der Waals surface area contributed by atoms with Gasteiger partial charge < -0.3 is 0 Å². The lowest BCUT2D eigenvalue weighted by atomic mass is 10.0. The van der Waals surface area contributed by atoms with E-state index in [-0.39, 0.29) is 0 Å². The summed E-state index contributed by atoms with van der Waals surface area (Å²) in [6.07, 6.45) is -4.87. The average molecular weight is 231 g/mol. The monoisotopic (exact) mass is 231 g/mol. The standard InChI is InChI=1S/C10H5F4NO/c1-5(16)9-7(10(12,13)14)2-6(4-15)3-8(9)11/h2-3H,1H3. The van der Waals surface area contributed by atoms with Crippen molar-refractivity contribution < 1.29 is 22.4 Å². The van der Waals surface area contributed by atoms with Crippen LogP contribution in [0.15, 0.2) is 12.1 Å². The highest BCUT2D eigenvalue weighted by molar-refractivity contribution is 5.96. The maximum absolute atomic E-state index is 13.2. The van der Waals surface area contributed by atoms with Gasteiger partial charge in [-0.3, -0.25) is 4.79 Å². The predicted octanol–water partition coefficient (Wildman–Crippen LogP) is 2.92. The van der Waals surface area contributed by atoms with E-state index in [1.54, 1.807) is 0 Å². The highest BCUT2D eigenvalue weighted by Crippen LogP contribution is 2.34. The molecule has 6 heteroatoms. The average Bonchev–Trinajstić information content (AvgIpc) is 2.14. The topological polar surface area (TPSA) is 40.9 Å². The smallest absolute Gasteiger partial charge is 0.294 e. The molecule has 1 aromatic rings. The molecule has 0 fully saturated rings. The van der Waals surface area contributed by atoms with Gasteiger partial charge in [-0.1, -0.05) is 0 Å². The van der Waals surface area contributed by atoms with Gasteiger partial charge in [0.2, 0.25) is 0 Å². The number of hydrogen-bond acceptors (Lipinski definition) is 2. The van der Waals surface area contributed by atoms with E-state index in [2.05, 4.69) is 0 Å². The van der Waals surface area contributed by atoms with Crippen molar-refractivity contribution in [2.24, 2.45) is 0 Å². The van der Waals surface area contributed by atoms with Crippen LogP contribution in [0.25, 0.3) is 0 Å². The van der Waals surface area contributed by atoms with Gasteiger partial charge in [-0.25, -0.2) is 4.39 Å². The number of carbonyl (C=O) groups excluding carboxylic acids is 1. The first-order chi connectivity index (χ1) is 7.27. The lowest BCUT2D eigenvalue weighted by molar-refractivity contribution is -0.138. The van der Waals surface area contributed by atoms with Gasteiger partial charge in [0.05, 0.1) is 22.8 Å². The number of alkyl halides is 3. The van der Waals surface area contributed by atoms with Crippen molar-refractivity contribution in [1.82, 2.24) is 0 Å². The molecule has 0 aliphatic heterocycles. The summed E-state index contributed by atoms with van der Waals surface area (Å²) >= 11 is 0. The van der Waals surface area contributed by atoms with Crippen LogP contribution in [0.3, 0.4) is 0 Å². The SMILES string of the molecule is CC(=O)c1c(F)cc(C#N)cc1C(F)(F)F. The highest BCUT2D eigenvalue weighted by Gasteiger charge is 2.36. The Kier molecular flexibility index (Phi) is 2.99. The summed E-state index contributed by atoms with van der Waals surface area (Å²) in [4.78, 5) is 10.9. The van der Waals surface area contributed by atoms with Crippen LogP contribution in [0.1, 0.15) is 28.4 Å². The molecule has 0 aromatic heterocycles. The van der Waals surface area contributed by atoms with Crippen LogP contribution in [0.5, 0.6) is 0 Å². The van der Waals surface area contributed by atoms with Gasteiger partial charge in [0.1, 0.15) is 5.82 Å². The molecule has 16 heavy (non-hydrogen) atoms. The lowest BCUT2D eigenvalue weighted by Crippen LogP contribution is -2.14. The van der Waals surface area contributed by atoms with E-state index in [1.807, 2.05) is 0 Å². The molecule has 1 aromatic carbocycles. The second kappa shape index (κ2) is 3.93. The van der Waals surface area contributed by atoms with E-state index < -0.39 is 34.5 Å². The largest absolute Gasteiger partial charge is 0.417 e. The van der Waals surface area contributed by atoms with Crippen LogP contribution < -0.4 is 0 Å². The zero-order valence-corrected chi connectivity index (χ0v) is 8.02. The first kappa shape index (κ1) is 12.2. The molecule has 0 atom stereocenters. The molecule has 0 saturated heterocycles. The number of benzene rings is 1. The minimum absolute atomic E-state index is 0.458. The fourth-order valence-electron chi connectivity index (χ4n) is 1.25. The third kappa shape index (κ3) is 2.19. The number of nitrogens with zero attached hydrogens (tertiary/aromatic N) is 1. The Morgan fingerprint density at radius 2 is 1.94 bits per heavy atom. The van der Waals surface area contributed by atoms with Gasteiger partial charge in [-0.15, -0.1) is 0 Å². The first-order valence-corrected chi connectivity index (χ1v) is 4.09. The summed E-state index contributed by atoms with van der Waals surface area (Å²) in [7, 11) is 0. The zero-order chi connectivity index (χ0) is 12.5. The molecule has 0 saturated carbocycles. The number of ketones is 1. The van der Waals surface area contributed by atoms with E-state index >= 15 is 0 Å². The van der Waals surface area contributed by atoms with Crippen molar-refractivity contribution in [3.63, 3.8) is 0 Å². The minimum atomic E-state index is -4.87. The lowest BCUT2D eigenvalue weighted by Gasteiger charge is -2.11. The van der Waals surface area contributed by atoms with Crippen LogP contribution in [0, 0.1) is 17.1 Å². The maximum Gasteiger partial charge on any atom is 0.417 e. The molecule has 1 rings (SSSR count). The molecule has 0 amide bonds. The molecular formula is C10H5F4NO. The number of Topliss-reactive ketones (excluding diaryl/α,β-unsaturated/α-hetero) is 1. The van der Waals surface area contributed by atoms with Crippen molar-refractivity contribution in [1.29, 1.82) is 5.26 Å². The molecule has 0 heterocycles. The molecule has 84 valence electrons. The van der Waals surface area contributed by atoms with Gasteiger partial charge in [0.25, 0.3) is 0 Å². The molecule has 0 spiro atoms. The van der Waals surface area contributed by atoms with Crippen LogP contribution >= 0.6 is 0 Å².